The van der Waals surface area contributed by atoms with E-state index in [0.717, 1.165) is 25.7 Å². The summed E-state index contributed by atoms with van der Waals surface area (Å²) in [5, 5.41) is 12.1. The van der Waals surface area contributed by atoms with Crippen LogP contribution in [0.1, 0.15) is 41.9 Å². The number of nitriles is 1. The first-order chi connectivity index (χ1) is 12.2. The largest absolute Gasteiger partial charge is 0.489 e. The Kier molecular flexibility index (Phi) is 5.41. The Balaban J connectivity index is 1.50. The molecule has 1 aliphatic rings. The van der Waals surface area contributed by atoms with E-state index in [9.17, 15) is 4.79 Å². The molecule has 0 radical (unpaired) electrons. The highest BCUT2D eigenvalue weighted by Crippen LogP contribution is 2.26. The summed E-state index contributed by atoms with van der Waals surface area (Å²) in [5.74, 6) is 0.344. The molecule has 1 N–H and O–H groups in total. The number of carbonyl (C=O) groups excluding carboxylic acids is 1. The van der Waals surface area contributed by atoms with Crippen molar-refractivity contribution in [1.29, 1.82) is 5.26 Å². The third kappa shape index (κ3) is 4.43. The molecule has 0 unspecified atom stereocenters. The zero-order valence-corrected chi connectivity index (χ0v) is 14.1. The zero-order valence-electron chi connectivity index (χ0n) is 13.4. The van der Waals surface area contributed by atoms with Gasteiger partial charge in [-0.2, -0.15) is 5.26 Å². The molecule has 2 heterocycles. The molecule has 0 spiro atoms. The van der Waals surface area contributed by atoms with Crippen LogP contribution in [-0.2, 0) is 0 Å². The average Bonchev–Trinajstić information content (AvgIpc) is 2.64. The lowest BCUT2D eigenvalue weighted by atomic mass is 9.93. The molecule has 1 fully saturated rings. The second kappa shape index (κ2) is 7.90. The predicted octanol–water partition coefficient (Wildman–Crippen LogP) is 2.52. The lowest BCUT2D eigenvalue weighted by Crippen LogP contribution is -2.40. The fourth-order valence-electron chi connectivity index (χ4n) is 2.76. The SMILES string of the molecule is N#Cc1ncc(OC2CCC(NC(=O)c3cnccn3)CC2)cc1Cl. The van der Waals surface area contributed by atoms with E-state index in [4.69, 9.17) is 21.6 Å². The Morgan fingerprint density at radius 1 is 1.24 bits per heavy atom. The summed E-state index contributed by atoms with van der Waals surface area (Å²) < 4.78 is 5.88. The fraction of sp³-hybridized carbons (Fsp3) is 0.353. The maximum Gasteiger partial charge on any atom is 0.271 e. The van der Waals surface area contributed by atoms with Gasteiger partial charge in [-0.15, -0.1) is 0 Å². The number of halogens is 1. The maximum absolute atomic E-state index is 12.1. The minimum atomic E-state index is -0.208. The van der Waals surface area contributed by atoms with Gasteiger partial charge in [-0.05, 0) is 25.7 Å². The fourth-order valence-corrected chi connectivity index (χ4v) is 2.96. The molecule has 0 saturated heterocycles. The number of aromatic nitrogens is 3. The topological polar surface area (TPSA) is 101 Å². The van der Waals surface area contributed by atoms with Crippen LogP contribution >= 0.6 is 11.6 Å². The molecule has 25 heavy (non-hydrogen) atoms. The molecule has 1 aliphatic carbocycles. The Hall–Kier alpha value is -2.72. The molecule has 3 rings (SSSR count). The number of amides is 1. The smallest absolute Gasteiger partial charge is 0.271 e. The normalized spacial score (nSPS) is 19.7. The quantitative estimate of drug-likeness (QED) is 0.902. The predicted molar refractivity (Wildman–Crippen MR) is 90.1 cm³/mol. The minimum absolute atomic E-state index is 0.0375. The highest BCUT2D eigenvalue weighted by molar-refractivity contribution is 6.31. The Morgan fingerprint density at radius 3 is 2.68 bits per heavy atom. The van der Waals surface area contributed by atoms with Gasteiger partial charge < -0.3 is 10.1 Å². The number of nitrogens with one attached hydrogen (secondary N) is 1. The van der Waals surface area contributed by atoms with Crippen molar-refractivity contribution in [2.45, 2.75) is 37.8 Å². The second-order valence-corrected chi connectivity index (χ2v) is 6.18. The molecule has 2 aromatic rings. The van der Waals surface area contributed by atoms with Crippen molar-refractivity contribution in [2.75, 3.05) is 0 Å². The van der Waals surface area contributed by atoms with Gasteiger partial charge in [0.2, 0.25) is 0 Å². The first-order valence-corrected chi connectivity index (χ1v) is 8.32. The van der Waals surface area contributed by atoms with Crippen LogP contribution in [-0.4, -0.2) is 33.0 Å². The first kappa shape index (κ1) is 17.1. The van der Waals surface area contributed by atoms with Gasteiger partial charge in [0.15, 0.2) is 5.69 Å². The van der Waals surface area contributed by atoms with Gasteiger partial charge in [-0.3, -0.25) is 9.78 Å². The van der Waals surface area contributed by atoms with E-state index in [1.807, 2.05) is 6.07 Å². The molecule has 0 aromatic carbocycles. The van der Waals surface area contributed by atoms with Crippen molar-refractivity contribution in [3.8, 4) is 11.8 Å². The monoisotopic (exact) mass is 357 g/mol. The van der Waals surface area contributed by atoms with E-state index < -0.39 is 0 Å². The summed E-state index contributed by atoms with van der Waals surface area (Å²) in [7, 11) is 0. The third-order valence-electron chi connectivity index (χ3n) is 4.03. The number of rotatable bonds is 4. The molecule has 128 valence electrons. The van der Waals surface area contributed by atoms with Gasteiger partial charge in [-0.25, -0.2) is 9.97 Å². The maximum atomic E-state index is 12.1. The van der Waals surface area contributed by atoms with Crippen LogP contribution in [0.3, 0.4) is 0 Å². The molecule has 0 bridgehead atoms. The van der Waals surface area contributed by atoms with Crippen molar-refractivity contribution in [1.82, 2.24) is 20.3 Å². The summed E-state index contributed by atoms with van der Waals surface area (Å²) in [6.07, 6.45) is 9.27. The Morgan fingerprint density at radius 2 is 2.04 bits per heavy atom. The van der Waals surface area contributed by atoms with Crippen LogP contribution in [0.5, 0.6) is 5.75 Å². The third-order valence-corrected chi connectivity index (χ3v) is 4.32. The van der Waals surface area contributed by atoms with Gasteiger partial charge in [0.25, 0.3) is 5.91 Å². The molecule has 7 nitrogen and oxygen atoms in total. The summed E-state index contributed by atoms with van der Waals surface area (Å²) in [5.41, 5.74) is 0.503. The summed E-state index contributed by atoms with van der Waals surface area (Å²) >= 11 is 5.96. The molecular formula is C17H16ClN5O2. The van der Waals surface area contributed by atoms with Crippen molar-refractivity contribution in [3.63, 3.8) is 0 Å². The first-order valence-electron chi connectivity index (χ1n) is 7.95. The minimum Gasteiger partial charge on any atom is -0.489 e. The Bertz CT molecular complexity index is 785. The molecular weight excluding hydrogens is 342 g/mol. The van der Waals surface area contributed by atoms with E-state index in [-0.39, 0.29) is 28.8 Å². The highest BCUT2D eigenvalue weighted by Gasteiger charge is 2.24. The highest BCUT2D eigenvalue weighted by atomic mass is 35.5. The summed E-state index contributed by atoms with van der Waals surface area (Å²) in [4.78, 5) is 23.9. The summed E-state index contributed by atoms with van der Waals surface area (Å²) in [6, 6.07) is 3.62. The lowest BCUT2D eigenvalue weighted by Gasteiger charge is -2.29. The number of carbonyl (C=O) groups is 1. The van der Waals surface area contributed by atoms with Crippen LogP contribution in [0.4, 0.5) is 0 Å². The molecule has 2 aromatic heterocycles. The number of ether oxygens (including phenoxy) is 1. The molecule has 8 heteroatoms. The molecule has 0 atom stereocenters. The van der Waals surface area contributed by atoms with E-state index in [1.165, 1.54) is 24.8 Å². The van der Waals surface area contributed by atoms with Crippen LogP contribution in [0.25, 0.3) is 0 Å². The van der Waals surface area contributed by atoms with Crippen molar-refractivity contribution in [2.24, 2.45) is 0 Å². The lowest BCUT2D eigenvalue weighted by molar-refractivity contribution is 0.0888. The number of hydrogen-bond donors (Lipinski definition) is 1. The number of hydrogen-bond acceptors (Lipinski definition) is 6. The standard InChI is InChI=1S/C17H16ClN5O2/c18-14-7-13(9-22-15(14)8-19)25-12-3-1-11(2-4-12)23-17(24)16-10-20-5-6-21-16/h5-7,9-12H,1-4H2,(H,23,24). The molecule has 1 saturated carbocycles. The average molecular weight is 358 g/mol. The molecule has 1 amide bonds. The summed E-state index contributed by atoms with van der Waals surface area (Å²) in [6.45, 7) is 0. The van der Waals surface area contributed by atoms with Crippen molar-refractivity contribution in [3.05, 3.63) is 47.3 Å². The van der Waals surface area contributed by atoms with Gasteiger partial charge in [0, 0.05) is 24.5 Å². The van der Waals surface area contributed by atoms with Gasteiger partial charge in [0.1, 0.15) is 17.5 Å². The van der Waals surface area contributed by atoms with E-state index in [1.54, 1.807) is 6.07 Å². The zero-order chi connectivity index (χ0) is 17.6. The van der Waals surface area contributed by atoms with Crippen molar-refractivity contribution < 1.29 is 9.53 Å². The van der Waals surface area contributed by atoms with E-state index >= 15 is 0 Å². The second-order valence-electron chi connectivity index (χ2n) is 5.77. The number of nitrogens with zero attached hydrogens (tertiary/aromatic N) is 4. The van der Waals surface area contributed by atoms with Crippen LogP contribution in [0.15, 0.2) is 30.9 Å². The van der Waals surface area contributed by atoms with E-state index in [2.05, 4.69) is 20.3 Å². The van der Waals surface area contributed by atoms with Crippen LogP contribution in [0.2, 0.25) is 5.02 Å². The number of pyridine rings is 1. The van der Waals surface area contributed by atoms with Gasteiger partial charge >= 0.3 is 0 Å². The van der Waals surface area contributed by atoms with Crippen molar-refractivity contribution >= 4 is 17.5 Å². The van der Waals surface area contributed by atoms with Gasteiger partial charge in [0.05, 0.1) is 23.5 Å². The van der Waals surface area contributed by atoms with Crippen LogP contribution in [0, 0.1) is 11.3 Å². The van der Waals surface area contributed by atoms with E-state index in [0.29, 0.717) is 11.4 Å². The van der Waals surface area contributed by atoms with Crippen LogP contribution < -0.4 is 10.1 Å². The Labute approximate surface area is 150 Å². The molecule has 0 aliphatic heterocycles. The van der Waals surface area contributed by atoms with Gasteiger partial charge in [-0.1, -0.05) is 11.6 Å².